The number of nitrogens with two attached hydrogens (primary N) is 1. The Balaban J connectivity index is 1.98. The van der Waals surface area contributed by atoms with E-state index < -0.39 is 0 Å². The quantitative estimate of drug-likeness (QED) is 0.843. The number of benzene rings is 1. The van der Waals surface area contributed by atoms with Crippen molar-refractivity contribution < 1.29 is 9.84 Å². The number of aromatic hydroxyl groups is 1. The average molecular weight is 235 g/mol. The molecule has 94 valence electrons. The minimum atomic E-state index is 0.112. The predicted octanol–water partition coefficient (Wildman–Crippen LogP) is 2.68. The van der Waals surface area contributed by atoms with E-state index in [4.69, 9.17) is 10.5 Å². The van der Waals surface area contributed by atoms with Gasteiger partial charge < -0.3 is 15.6 Å². The standard InChI is InChI=1S/C14H21NO2/c15-10-14(8-4-1-5-9-14)11-17-13-7-3-2-6-12(13)16/h2-3,6-7,16H,1,4-5,8-11,15H2. The van der Waals surface area contributed by atoms with Crippen molar-refractivity contribution in [2.45, 2.75) is 32.1 Å². The summed E-state index contributed by atoms with van der Waals surface area (Å²) in [6, 6.07) is 7.10. The molecule has 0 saturated heterocycles. The Labute approximate surface area is 103 Å². The van der Waals surface area contributed by atoms with Gasteiger partial charge in [-0.25, -0.2) is 0 Å². The van der Waals surface area contributed by atoms with Gasteiger partial charge in [-0.2, -0.15) is 0 Å². The van der Waals surface area contributed by atoms with Gasteiger partial charge in [0.15, 0.2) is 11.5 Å². The number of phenolic OH excluding ortho intramolecular Hbond substituents is 1. The van der Waals surface area contributed by atoms with Crippen molar-refractivity contribution in [3.8, 4) is 11.5 Å². The SMILES string of the molecule is NCC1(COc2ccccc2O)CCCCC1. The van der Waals surface area contributed by atoms with Crippen molar-refractivity contribution in [1.82, 2.24) is 0 Å². The van der Waals surface area contributed by atoms with Crippen LogP contribution in [-0.4, -0.2) is 18.3 Å². The van der Waals surface area contributed by atoms with Crippen LogP contribution in [0.1, 0.15) is 32.1 Å². The Bertz CT molecular complexity index is 359. The van der Waals surface area contributed by atoms with Crippen molar-refractivity contribution >= 4 is 0 Å². The van der Waals surface area contributed by atoms with E-state index in [0.717, 1.165) is 12.8 Å². The molecule has 2 rings (SSSR count). The molecular formula is C14H21NO2. The Hall–Kier alpha value is -1.22. The predicted molar refractivity (Wildman–Crippen MR) is 68.2 cm³/mol. The minimum absolute atomic E-state index is 0.112. The van der Waals surface area contributed by atoms with Crippen molar-refractivity contribution in [2.24, 2.45) is 11.1 Å². The number of hydrogen-bond acceptors (Lipinski definition) is 3. The van der Waals surface area contributed by atoms with Crippen LogP contribution in [0.4, 0.5) is 0 Å². The number of hydrogen-bond donors (Lipinski definition) is 2. The van der Waals surface area contributed by atoms with E-state index in [1.807, 2.05) is 6.07 Å². The maximum atomic E-state index is 9.64. The molecule has 17 heavy (non-hydrogen) atoms. The maximum absolute atomic E-state index is 9.64. The van der Waals surface area contributed by atoms with Crippen LogP contribution in [0.3, 0.4) is 0 Å². The summed E-state index contributed by atoms with van der Waals surface area (Å²) in [6.07, 6.45) is 6.05. The second kappa shape index (κ2) is 5.41. The molecule has 0 aromatic heterocycles. The smallest absolute Gasteiger partial charge is 0.160 e. The van der Waals surface area contributed by atoms with Crippen LogP contribution in [0, 0.1) is 5.41 Å². The maximum Gasteiger partial charge on any atom is 0.160 e. The van der Waals surface area contributed by atoms with Crippen LogP contribution in [0.15, 0.2) is 24.3 Å². The zero-order valence-electron chi connectivity index (χ0n) is 10.2. The fourth-order valence-corrected chi connectivity index (χ4v) is 2.52. The molecule has 1 saturated carbocycles. The van der Waals surface area contributed by atoms with Crippen LogP contribution >= 0.6 is 0 Å². The van der Waals surface area contributed by atoms with Crippen molar-refractivity contribution in [3.05, 3.63) is 24.3 Å². The van der Waals surface area contributed by atoms with Gasteiger partial charge >= 0.3 is 0 Å². The van der Waals surface area contributed by atoms with E-state index in [1.165, 1.54) is 19.3 Å². The lowest BCUT2D eigenvalue weighted by Gasteiger charge is -2.35. The lowest BCUT2D eigenvalue weighted by molar-refractivity contribution is 0.103. The van der Waals surface area contributed by atoms with Gasteiger partial charge in [0.05, 0.1) is 6.61 Å². The lowest BCUT2D eigenvalue weighted by atomic mass is 9.75. The summed E-state index contributed by atoms with van der Waals surface area (Å²) in [5, 5.41) is 9.64. The van der Waals surface area contributed by atoms with E-state index in [1.54, 1.807) is 18.2 Å². The fourth-order valence-electron chi connectivity index (χ4n) is 2.52. The number of rotatable bonds is 4. The van der Waals surface area contributed by atoms with Gasteiger partial charge in [-0.1, -0.05) is 31.4 Å². The van der Waals surface area contributed by atoms with Crippen LogP contribution in [0.2, 0.25) is 0 Å². The zero-order valence-corrected chi connectivity index (χ0v) is 10.2. The molecular weight excluding hydrogens is 214 g/mol. The monoisotopic (exact) mass is 235 g/mol. The van der Waals surface area contributed by atoms with E-state index in [9.17, 15) is 5.11 Å². The molecule has 0 amide bonds. The molecule has 1 aliphatic rings. The molecule has 0 atom stereocenters. The molecule has 1 fully saturated rings. The largest absolute Gasteiger partial charge is 0.504 e. The lowest BCUT2D eigenvalue weighted by Crippen LogP contribution is -2.38. The Morgan fingerprint density at radius 2 is 1.88 bits per heavy atom. The summed E-state index contributed by atoms with van der Waals surface area (Å²) < 4.78 is 5.74. The molecule has 0 bridgehead atoms. The summed E-state index contributed by atoms with van der Waals surface area (Å²) >= 11 is 0. The topological polar surface area (TPSA) is 55.5 Å². The molecule has 3 nitrogen and oxygen atoms in total. The van der Waals surface area contributed by atoms with Gasteiger partial charge in [-0.05, 0) is 25.0 Å². The molecule has 1 aromatic carbocycles. The normalized spacial score (nSPS) is 18.9. The first-order chi connectivity index (χ1) is 8.26. The summed E-state index contributed by atoms with van der Waals surface area (Å²) in [4.78, 5) is 0. The summed E-state index contributed by atoms with van der Waals surface area (Å²) in [5.74, 6) is 0.765. The first-order valence-corrected chi connectivity index (χ1v) is 6.37. The number of ether oxygens (including phenoxy) is 1. The summed E-state index contributed by atoms with van der Waals surface area (Å²) in [5.41, 5.74) is 6.01. The molecule has 1 aliphatic carbocycles. The Kier molecular flexibility index (Phi) is 3.89. The third-order valence-electron chi connectivity index (χ3n) is 3.75. The molecule has 3 N–H and O–H groups in total. The third-order valence-corrected chi connectivity index (χ3v) is 3.75. The summed E-state index contributed by atoms with van der Waals surface area (Å²) in [6.45, 7) is 1.28. The van der Waals surface area contributed by atoms with Crippen LogP contribution in [-0.2, 0) is 0 Å². The van der Waals surface area contributed by atoms with Gasteiger partial charge in [0.2, 0.25) is 0 Å². The fraction of sp³-hybridized carbons (Fsp3) is 0.571. The zero-order chi connectivity index (χ0) is 12.1. The van der Waals surface area contributed by atoms with E-state index in [0.29, 0.717) is 18.9 Å². The number of para-hydroxylation sites is 2. The molecule has 3 heteroatoms. The Morgan fingerprint density at radius 1 is 1.18 bits per heavy atom. The second-order valence-electron chi connectivity index (χ2n) is 5.02. The number of phenols is 1. The highest BCUT2D eigenvalue weighted by atomic mass is 16.5. The average Bonchev–Trinajstić information content (AvgIpc) is 2.39. The van der Waals surface area contributed by atoms with Gasteiger partial charge in [0.1, 0.15) is 0 Å². The molecule has 0 spiro atoms. The Morgan fingerprint density at radius 3 is 2.53 bits per heavy atom. The third kappa shape index (κ3) is 2.91. The molecule has 0 unspecified atom stereocenters. The van der Waals surface area contributed by atoms with E-state index in [-0.39, 0.29) is 11.2 Å². The van der Waals surface area contributed by atoms with Gasteiger partial charge in [-0.15, -0.1) is 0 Å². The molecule has 0 heterocycles. The van der Waals surface area contributed by atoms with Gasteiger partial charge in [0.25, 0.3) is 0 Å². The van der Waals surface area contributed by atoms with Crippen molar-refractivity contribution in [1.29, 1.82) is 0 Å². The van der Waals surface area contributed by atoms with Gasteiger partial charge in [-0.3, -0.25) is 0 Å². The highest BCUT2D eigenvalue weighted by Gasteiger charge is 2.31. The summed E-state index contributed by atoms with van der Waals surface area (Å²) in [7, 11) is 0. The first-order valence-electron chi connectivity index (χ1n) is 6.37. The second-order valence-corrected chi connectivity index (χ2v) is 5.02. The molecule has 0 radical (unpaired) electrons. The van der Waals surface area contributed by atoms with Crippen LogP contribution in [0.5, 0.6) is 11.5 Å². The van der Waals surface area contributed by atoms with Crippen molar-refractivity contribution in [3.63, 3.8) is 0 Å². The van der Waals surface area contributed by atoms with Crippen molar-refractivity contribution in [2.75, 3.05) is 13.2 Å². The first kappa shape index (κ1) is 12.2. The van der Waals surface area contributed by atoms with Gasteiger partial charge in [0, 0.05) is 12.0 Å². The highest BCUT2D eigenvalue weighted by Crippen LogP contribution is 2.36. The molecule has 1 aromatic rings. The minimum Gasteiger partial charge on any atom is -0.504 e. The van der Waals surface area contributed by atoms with E-state index >= 15 is 0 Å². The van der Waals surface area contributed by atoms with E-state index in [2.05, 4.69) is 0 Å². The van der Waals surface area contributed by atoms with Crippen LogP contribution < -0.4 is 10.5 Å². The van der Waals surface area contributed by atoms with Crippen LogP contribution in [0.25, 0.3) is 0 Å². The highest BCUT2D eigenvalue weighted by molar-refractivity contribution is 5.37. The molecule has 0 aliphatic heterocycles.